The van der Waals surface area contributed by atoms with Gasteiger partial charge < -0.3 is 5.32 Å². The fourth-order valence-corrected chi connectivity index (χ4v) is 1.18. The van der Waals surface area contributed by atoms with Crippen molar-refractivity contribution in [2.75, 3.05) is 7.05 Å². The number of nitrogens with one attached hydrogen (secondary N) is 1. The molecule has 74 valence electrons. The van der Waals surface area contributed by atoms with Gasteiger partial charge in [-0.15, -0.1) is 0 Å². The van der Waals surface area contributed by atoms with Crippen LogP contribution in [0.25, 0.3) is 5.70 Å². The highest BCUT2D eigenvalue weighted by molar-refractivity contribution is 5.96. The molecule has 0 aliphatic rings. The van der Waals surface area contributed by atoms with Crippen molar-refractivity contribution in [1.29, 1.82) is 0 Å². The zero-order valence-corrected chi connectivity index (χ0v) is 8.58. The summed E-state index contributed by atoms with van der Waals surface area (Å²) in [5.74, 6) is 0.137. The third kappa shape index (κ3) is 2.73. The number of hydrogen-bond donors (Lipinski definition) is 1. The Hall–Kier alpha value is -1.57. The van der Waals surface area contributed by atoms with Crippen molar-refractivity contribution in [2.45, 2.75) is 13.3 Å². The second kappa shape index (κ2) is 5.22. The monoisotopic (exact) mass is 189 g/mol. The molecular formula is C12H15NO. The van der Waals surface area contributed by atoms with Crippen molar-refractivity contribution in [3.63, 3.8) is 0 Å². The van der Waals surface area contributed by atoms with Gasteiger partial charge in [0.15, 0.2) is 5.78 Å². The van der Waals surface area contributed by atoms with Crippen LogP contribution in [0, 0.1) is 0 Å². The largest absolute Gasteiger partial charge is 0.388 e. The summed E-state index contributed by atoms with van der Waals surface area (Å²) in [7, 11) is 1.82. The number of rotatable bonds is 4. The molecule has 0 spiro atoms. The third-order valence-corrected chi connectivity index (χ3v) is 2.01. The van der Waals surface area contributed by atoms with Crippen LogP contribution in [-0.4, -0.2) is 12.8 Å². The van der Waals surface area contributed by atoms with Crippen molar-refractivity contribution in [2.24, 2.45) is 0 Å². The number of benzene rings is 1. The van der Waals surface area contributed by atoms with Gasteiger partial charge in [-0.3, -0.25) is 4.79 Å². The molecule has 2 heteroatoms. The number of hydrogen-bond acceptors (Lipinski definition) is 2. The Balaban J connectivity index is 2.93. The van der Waals surface area contributed by atoms with Gasteiger partial charge in [0.05, 0.1) is 0 Å². The van der Waals surface area contributed by atoms with Crippen molar-refractivity contribution >= 4 is 11.5 Å². The summed E-state index contributed by atoms with van der Waals surface area (Å²) >= 11 is 0. The third-order valence-electron chi connectivity index (χ3n) is 2.01. The van der Waals surface area contributed by atoms with Crippen LogP contribution < -0.4 is 5.32 Å². The summed E-state index contributed by atoms with van der Waals surface area (Å²) in [5.41, 5.74) is 1.91. The van der Waals surface area contributed by atoms with E-state index >= 15 is 0 Å². The first kappa shape index (κ1) is 10.5. The van der Waals surface area contributed by atoms with Gasteiger partial charge in [0.2, 0.25) is 0 Å². The van der Waals surface area contributed by atoms with Gasteiger partial charge >= 0.3 is 0 Å². The van der Waals surface area contributed by atoms with E-state index in [-0.39, 0.29) is 5.78 Å². The van der Waals surface area contributed by atoms with Crippen molar-refractivity contribution in [3.8, 4) is 0 Å². The molecule has 0 atom stereocenters. The molecule has 0 saturated heterocycles. The molecular weight excluding hydrogens is 174 g/mol. The molecule has 1 aromatic carbocycles. The van der Waals surface area contributed by atoms with Gasteiger partial charge in [-0.2, -0.15) is 0 Å². The Morgan fingerprint density at radius 2 is 2.00 bits per heavy atom. The van der Waals surface area contributed by atoms with Crippen LogP contribution in [0.2, 0.25) is 0 Å². The van der Waals surface area contributed by atoms with E-state index in [1.54, 1.807) is 6.08 Å². The Morgan fingerprint density at radius 1 is 1.36 bits per heavy atom. The lowest BCUT2D eigenvalue weighted by Gasteiger charge is -2.05. The van der Waals surface area contributed by atoms with E-state index < -0.39 is 0 Å². The van der Waals surface area contributed by atoms with Crippen LogP contribution in [0.1, 0.15) is 18.9 Å². The van der Waals surface area contributed by atoms with Gasteiger partial charge in [-0.25, -0.2) is 0 Å². The molecule has 0 aliphatic carbocycles. The Kier molecular flexibility index (Phi) is 3.92. The average molecular weight is 189 g/mol. The summed E-state index contributed by atoms with van der Waals surface area (Å²) in [6.45, 7) is 1.86. The fourth-order valence-electron chi connectivity index (χ4n) is 1.18. The van der Waals surface area contributed by atoms with Gasteiger partial charge in [0, 0.05) is 25.2 Å². The summed E-state index contributed by atoms with van der Waals surface area (Å²) in [6, 6.07) is 9.82. The molecule has 1 aromatic rings. The number of carbonyl (C=O) groups is 1. The molecule has 0 fully saturated rings. The van der Waals surface area contributed by atoms with Crippen molar-refractivity contribution < 1.29 is 4.79 Å². The standard InChI is InChI=1S/C12H15NO/c1-3-11(14)9-12(13-2)10-7-5-4-6-8-10/h4-9,13H,3H2,1-2H3. The zero-order chi connectivity index (χ0) is 10.4. The first-order valence-corrected chi connectivity index (χ1v) is 4.75. The van der Waals surface area contributed by atoms with Crippen molar-refractivity contribution in [1.82, 2.24) is 5.32 Å². The number of ketones is 1. The van der Waals surface area contributed by atoms with E-state index in [4.69, 9.17) is 0 Å². The Bertz CT molecular complexity index is 327. The SMILES string of the molecule is CCC(=O)C=C(NC)c1ccccc1. The summed E-state index contributed by atoms with van der Waals surface area (Å²) in [6.07, 6.45) is 2.19. The molecule has 0 radical (unpaired) electrons. The van der Waals surface area contributed by atoms with Crippen LogP contribution >= 0.6 is 0 Å². The maximum atomic E-state index is 11.2. The van der Waals surface area contributed by atoms with E-state index in [2.05, 4.69) is 5.32 Å². The topological polar surface area (TPSA) is 29.1 Å². The fraction of sp³-hybridized carbons (Fsp3) is 0.250. The van der Waals surface area contributed by atoms with Gasteiger partial charge in [-0.1, -0.05) is 37.3 Å². The molecule has 14 heavy (non-hydrogen) atoms. The summed E-state index contributed by atoms with van der Waals surface area (Å²) < 4.78 is 0. The zero-order valence-electron chi connectivity index (χ0n) is 8.58. The Labute approximate surface area is 84.6 Å². The van der Waals surface area contributed by atoms with Crippen LogP contribution in [0.3, 0.4) is 0 Å². The van der Waals surface area contributed by atoms with Gasteiger partial charge in [0.25, 0.3) is 0 Å². The normalized spacial score (nSPS) is 11.1. The van der Waals surface area contributed by atoms with Gasteiger partial charge in [-0.05, 0) is 5.56 Å². The lowest BCUT2D eigenvalue weighted by Crippen LogP contribution is -2.06. The molecule has 0 aromatic heterocycles. The molecule has 1 N–H and O–H groups in total. The van der Waals surface area contributed by atoms with E-state index in [0.717, 1.165) is 11.3 Å². The Morgan fingerprint density at radius 3 is 2.50 bits per heavy atom. The molecule has 0 saturated carbocycles. The second-order valence-electron chi connectivity index (χ2n) is 2.99. The minimum Gasteiger partial charge on any atom is -0.388 e. The van der Waals surface area contributed by atoms with E-state index in [9.17, 15) is 4.79 Å². The number of carbonyl (C=O) groups excluding carboxylic acids is 1. The molecule has 2 nitrogen and oxygen atoms in total. The molecule has 0 heterocycles. The van der Waals surface area contributed by atoms with Crippen LogP contribution in [-0.2, 0) is 4.79 Å². The smallest absolute Gasteiger partial charge is 0.157 e. The molecule has 0 unspecified atom stereocenters. The maximum Gasteiger partial charge on any atom is 0.157 e. The van der Waals surface area contributed by atoms with Crippen molar-refractivity contribution in [3.05, 3.63) is 42.0 Å². The van der Waals surface area contributed by atoms with Crippen LogP contribution in [0.5, 0.6) is 0 Å². The highest BCUT2D eigenvalue weighted by Crippen LogP contribution is 2.10. The number of allylic oxidation sites excluding steroid dienone is 1. The summed E-state index contributed by atoms with van der Waals surface area (Å²) in [5, 5.41) is 3.02. The maximum absolute atomic E-state index is 11.2. The minimum atomic E-state index is 0.137. The first-order valence-electron chi connectivity index (χ1n) is 4.75. The van der Waals surface area contributed by atoms with Crippen LogP contribution in [0.4, 0.5) is 0 Å². The lowest BCUT2D eigenvalue weighted by atomic mass is 10.1. The molecule has 1 rings (SSSR count). The van der Waals surface area contributed by atoms with E-state index in [1.807, 2.05) is 44.3 Å². The molecule has 0 amide bonds. The predicted octanol–water partition coefficient (Wildman–Crippen LogP) is 2.23. The predicted molar refractivity (Wildman–Crippen MR) is 58.8 cm³/mol. The van der Waals surface area contributed by atoms with E-state index in [1.165, 1.54) is 0 Å². The highest BCUT2D eigenvalue weighted by Gasteiger charge is 2.00. The molecule has 0 aliphatic heterocycles. The quantitative estimate of drug-likeness (QED) is 0.736. The summed E-state index contributed by atoms with van der Waals surface area (Å²) in [4.78, 5) is 11.2. The van der Waals surface area contributed by atoms with E-state index in [0.29, 0.717) is 6.42 Å². The molecule has 0 bridgehead atoms. The lowest BCUT2D eigenvalue weighted by molar-refractivity contribution is -0.114. The van der Waals surface area contributed by atoms with Gasteiger partial charge in [0.1, 0.15) is 0 Å². The first-order chi connectivity index (χ1) is 6.77. The average Bonchev–Trinajstić information content (AvgIpc) is 2.26. The second-order valence-corrected chi connectivity index (χ2v) is 2.99. The highest BCUT2D eigenvalue weighted by atomic mass is 16.1. The minimum absolute atomic E-state index is 0.137. The van der Waals surface area contributed by atoms with Crippen LogP contribution in [0.15, 0.2) is 36.4 Å².